The van der Waals surface area contributed by atoms with Gasteiger partial charge in [0.2, 0.25) is 5.78 Å². The SMILES string of the molecule is CCOC(=O)C(C)(C)C(=O)c1occc1C. The normalized spacial score (nSPS) is 11.2. The van der Waals surface area contributed by atoms with Gasteiger partial charge in [0.25, 0.3) is 0 Å². The summed E-state index contributed by atoms with van der Waals surface area (Å²) in [4.78, 5) is 23.7. The second kappa shape index (κ2) is 4.51. The highest BCUT2D eigenvalue weighted by Gasteiger charge is 2.40. The Labute approximate surface area is 94.6 Å². The molecular formula is C12H16O4. The maximum absolute atomic E-state index is 12.1. The average molecular weight is 224 g/mol. The first-order valence-electron chi connectivity index (χ1n) is 5.17. The molecule has 1 rings (SSSR count). The first-order valence-corrected chi connectivity index (χ1v) is 5.17. The zero-order valence-electron chi connectivity index (χ0n) is 9.99. The lowest BCUT2D eigenvalue weighted by atomic mass is 9.86. The minimum atomic E-state index is -1.21. The number of hydrogen-bond acceptors (Lipinski definition) is 4. The fraction of sp³-hybridized carbons (Fsp3) is 0.500. The van der Waals surface area contributed by atoms with Gasteiger partial charge in [0.1, 0.15) is 5.41 Å². The van der Waals surface area contributed by atoms with E-state index in [0.717, 1.165) is 5.56 Å². The molecule has 0 radical (unpaired) electrons. The first kappa shape index (κ1) is 12.5. The summed E-state index contributed by atoms with van der Waals surface area (Å²) in [6.45, 7) is 6.80. The van der Waals surface area contributed by atoms with Gasteiger partial charge in [-0.2, -0.15) is 0 Å². The van der Waals surface area contributed by atoms with Crippen molar-refractivity contribution < 1.29 is 18.7 Å². The summed E-state index contributed by atoms with van der Waals surface area (Å²) in [5, 5.41) is 0. The second-order valence-electron chi connectivity index (χ2n) is 4.11. The molecule has 0 bridgehead atoms. The molecule has 4 heteroatoms. The van der Waals surface area contributed by atoms with Crippen molar-refractivity contribution in [3.05, 3.63) is 23.7 Å². The molecule has 0 N–H and O–H groups in total. The highest BCUT2D eigenvalue weighted by Crippen LogP contribution is 2.25. The Kier molecular flexibility index (Phi) is 3.52. The van der Waals surface area contributed by atoms with Gasteiger partial charge >= 0.3 is 5.97 Å². The van der Waals surface area contributed by atoms with Gasteiger partial charge in [-0.3, -0.25) is 9.59 Å². The molecule has 88 valence electrons. The van der Waals surface area contributed by atoms with Crippen molar-refractivity contribution in [3.8, 4) is 0 Å². The number of ketones is 1. The first-order chi connectivity index (χ1) is 7.41. The molecule has 0 saturated heterocycles. The Morgan fingerprint density at radius 1 is 1.44 bits per heavy atom. The molecule has 0 atom stereocenters. The summed E-state index contributed by atoms with van der Waals surface area (Å²) < 4.78 is 9.95. The van der Waals surface area contributed by atoms with Crippen molar-refractivity contribution in [3.63, 3.8) is 0 Å². The molecule has 16 heavy (non-hydrogen) atoms. The van der Waals surface area contributed by atoms with Gasteiger partial charge in [-0.05, 0) is 39.3 Å². The molecule has 0 aliphatic rings. The summed E-state index contributed by atoms with van der Waals surface area (Å²) in [5.41, 5.74) is -0.485. The molecule has 1 heterocycles. The molecule has 0 aliphatic carbocycles. The number of hydrogen-bond donors (Lipinski definition) is 0. The number of ether oxygens (including phenoxy) is 1. The zero-order valence-corrected chi connectivity index (χ0v) is 9.99. The molecular weight excluding hydrogens is 208 g/mol. The van der Waals surface area contributed by atoms with E-state index < -0.39 is 11.4 Å². The number of carbonyl (C=O) groups excluding carboxylic acids is 2. The Bertz CT molecular complexity index is 401. The van der Waals surface area contributed by atoms with Crippen LogP contribution in [0.4, 0.5) is 0 Å². The van der Waals surface area contributed by atoms with Gasteiger partial charge in [0, 0.05) is 0 Å². The largest absolute Gasteiger partial charge is 0.465 e. The Morgan fingerprint density at radius 2 is 2.06 bits per heavy atom. The van der Waals surface area contributed by atoms with E-state index in [1.807, 2.05) is 0 Å². The Balaban J connectivity index is 2.97. The second-order valence-corrected chi connectivity index (χ2v) is 4.11. The monoisotopic (exact) mass is 224 g/mol. The van der Waals surface area contributed by atoms with Crippen LogP contribution in [0.5, 0.6) is 0 Å². The van der Waals surface area contributed by atoms with E-state index in [0.29, 0.717) is 0 Å². The van der Waals surface area contributed by atoms with Crippen molar-refractivity contribution >= 4 is 11.8 Å². The van der Waals surface area contributed by atoms with Crippen molar-refractivity contribution in [2.45, 2.75) is 27.7 Å². The van der Waals surface area contributed by atoms with Crippen LogP contribution in [-0.4, -0.2) is 18.4 Å². The lowest BCUT2D eigenvalue weighted by Gasteiger charge is -2.19. The van der Waals surface area contributed by atoms with Crippen molar-refractivity contribution in [1.29, 1.82) is 0 Å². The Morgan fingerprint density at radius 3 is 2.50 bits per heavy atom. The summed E-state index contributed by atoms with van der Waals surface area (Å²) in [6.07, 6.45) is 1.43. The number of esters is 1. The molecule has 1 aromatic rings. The van der Waals surface area contributed by atoms with E-state index in [2.05, 4.69) is 0 Å². The lowest BCUT2D eigenvalue weighted by Crippen LogP contribution is -2.35. The van der Waals surface area contributed by atoms with Crippen LogP contribution in [0.2, 0.25) is 0 Å². The van der Waals surface area contributed by atoms with Gasteiger partial charge in [-0.25, -0.2) is 0 Å². The number of rotatable bonds is 4. The highest BCUT2D eigenvalue weighted by atomic mass is 16.5. The third kappa shape index (κ3) is 2.15. The average Bonchev–Trinajstić information content (AvgIpc) is 2.63. The molecule has 0 fully saturated rings. The number of carbonyl (C=O) groups is 2. The Hall–Kier alpha value is -1.58. The minimum Gasteiger partial charge on any atom is -0.465 e. The van der Waals surface area contributed by atoms with Gasteiger partial charge in [0.05, 0.1) is 12.9 Å². The van der Waals surface area contributed by atoms with E-state index in [1.165, 1.54) is 20.1 Å². The van der Waals surface area contributed by atoms with Crippen LogP contribution in [0, 0.1) is 12.3 Å². The van der Waals surface area contributed by atoms with E-state index in [4.69, 9.17) is 9.15 Å². The number of furan rings is 1. The smallest absolute Gasteiger partial charge is 0.319 e. The summed E-state index contributed by atoms with van der Waals surface area (Å²) in [5.74, 6) is -0.665. The highest BCUT2D eigenvalue weighted by molar-refractivity contribution is 6.11. The molecule has 0 unspecified atom stereocenters. The van der Waals surface area contributed by atoms with Crippen LogP contribution in [0.15, 0.2) is 16.7 Å². The summed E-state index contributed by atoms with van der Waals surface area (Å²) in [7, 11) is 0. The van der Waals surface area contributed by atoms with Crippen molar-refractivity contribution in [2.24, 2.45) is 5.41 Å². The third-order valence-corrected chi connectivity index (χ3v) is 2.42. The molecule has 0 saturated carbocycles. The standard InChI is InChI=1S/C12H16O4/c1-5-15-11(14)12(3,4)10(13)9-8(2)6-7-16-9/h6-7H,5H2,1-4H3. The lowest BCUT2D eigenvalue weighted by molar-refractivity contribution is -0.150. The van der Waals surface area contributed by atoms with Gasteiger partial charge in [-0.15, -0.1) is 0 Å². The zero-order chi connectivity index (χ0) is 12.3. The van der Waals surface area contributed by atoms with E-state index in [-0.39, 0.29) is 18.2 Å². The van der Waals surface area contributed by atoms with Gasteiger partial charge in [0.15, 0.2) is 5.76 Å². The fourth-order valence-electron chi connectivity index (χ4n) is 1.29. The van der Waals surface area contributed by atoms with Crippen LogP contribution in [0.1, 0.15) is 36.9 Å². The maximum Gasteiger partial charge on any atom is 0.319 e. The topological polar surface area (TPSA) is 56.5 Å². The maximum atomic E-state index is 12.1. The van der Waals surface area contributed by atoms with Gasteiger partial charge < -0.3 is 9.15 Å². The molecule has 1 aromatic heterocycles. The summed E-state index contributed by atoms with van der Waals surface area (Å²) >= 11 is 0. The number of Topliss-reactive ketones (excluding diaryl/α,β-unsaturated/α-hetero) is 1. The van der Waals surface area contributed by atoms with Crippen molar-refractivity contribution in [1.82, 2.24) is 0 Å². The molecule has 0 amide bonds. The fourth-order valence-corrected chi connectivity index (χ4v) is 1.29. The molecule has 0 aliphatic heterocycles. The van der Waals surface area contributed by atoms with E-state index >= 15 is 0 Å². The molecule has 0 aromatic carbocycles. The van der Waals surface area contributed by atoms with E-state index in [1.54, 1.807) is 19.9 Å². The predicted molar refractivity (Wildman–Crippen MR) is 58.2 cm³/mol. The van der Waals surface area contributed by atoms with E-state index in [9.17, 15) is 9.59 Å². The van der Waals surface area contributed by atoms with Crippen molar-refractivity contribution in [2.75, 3.05) is 6.61 Å². The quantitative estimate of drug-likeness (QED) is 0.447. The van der Waals surface area contributed by atoms with Gasteiger partial charge in [-0.1, -0.05) is 0 Å². The van der Waals surface area contributed by atoms with Crippen LogP contribution in [0.25, 0.3) is 0 Å². The summed E-state index contributed by atoms with van der Waals surface area (Å²) in [6, 6.07) is 1.69. The van der Waals surface area contributed by atoms with Crippen LogP contribution >= 0.6 is 0 Å². The third-order valence-electron chi connectivity index (χ3n) is 2.42. The predicted octanol–water partition coefficient (Wildman–Crippen LogP) is 2.36. The molecule has 0 spiro atoms. The minimum absolute atomic E-state index is 0.220. The number of aryl methyl sites for hydroxylation is 1. The van der Waals surface area contributed by atoms with Crippen LogP contribution in [-0.2, 0) is 9.53 Å². The molecule has 4 nitrogen and oxygen atoms in total. The van der Waals surface area contributed by atoms with Crippen LogP contribution < -0.4 is 0 Å². The van der Waals surface area contributed by atoms with Crippen LogP contribution in [0.3, 0.4) is 0 Å².